The molecule has 1 radical (unpaired) electrons. The summed E-state index contributed by atoms with van der Waals surface area (Å²) in [5.74, 6) is 0. The summed E-state index contributed by atoms with van der Waals surface area (Å²) in [7, 11) is 0. The first kappa shape index (κ1) is 10.3. The van der Waals surface area contributed by atoms with E-state index in [4.69, 9.17) is 0 Å². The lowest BCUT2D eigenvalue weighted by Gasteiger charge is -1.93. The minimum atomic E-state index is 0.986. The molecule has 0 spiro atoms. The van der Waals surface area contributed by atoms with Crippen LogP contribution in [0.15, 0.2) is 30.7 Å². The van der Waals surface area contributed by atoms with E-state index in [1.165, 1.54) is 4.88 Å². The molecule has 0 aromatic carbocycles. The van der Waals surface area contributed by atoms with Crippen molar-refractivity contribution >= 4 is 11.3 Å². The van der Waals surface area contributed by atoms with Gasteiger partial charge in [-0.2, -0.15) is 0 Å². The molecular formula is C12H13N2S. The van der Waals surface area contributed by atoms with Crippen LogP contribution in [0, 0.1) is 6.92 Å². The third-order valence-electron chi connectivity index (χ3n) is 2.14. The van der Waals surface area contributed by atoms with Crippen LogP contribution >= 0.6 is 11.3 Å². The second kappa shape index (κ2) is 5.03. The van der Waals surface area contributed by atoms with Crippen LogP contribution in [0.3, 0.4) is 0 Å². The number of nitrogens with zero attached hydrogens (tertiary/aromatic N) is 2. The molecule has 2 aromatic rings. The summed E-state index contributed by atoms with van der Waals surface area (Å²) in [6.45, 7) is 3.84. The predicted octanol–water partition coefficient (Wildman–Crippen LogP) is 3.36. The van der Waals surface area contributed by atoms with E-state index in [0.717, 1.165) is 29.8 Å². The zero-order valence-electron chi connectivity index (χ0n) is 8.52. The molecule has 2 heterocycles. The first-order valence-electron chi connectivity index (χ1n) is 5.04. The first-order valence-corrected chi connectivity index (χ1v) is 5.86. The fourth-order valence-corrected chi connectivity index (χ4v) is 2.29. The van der Waals surface area contributed by atoms with Crippen LogP contribution in [0.4, 0.5) is 0 Å². The molecule has 0 fully saturated rings. The highest BCUT2D eigenvalue weighted by Crippen LogP contribution is 2.24. The third kappa shape index (κ3) is 2.63. The maximum atomic E-state index is 4.40. The summed E-state index contributed by atoms with van der Waals surface area (Å²) >= 11 is 1.75. The Morgan fingerprint density at radius 1 is 1.33 bits per heavy atom. The molecule has 0 N–H and O–H groups in total. The first-order chi connectivity index (χ1) is 7.40. The lowest BCUT2D eigenvalue weighted by atomic mass is 10.2. The Labute approximate surface area is 94.0 Å². The summed E-state index contributed by atoms with van der Waals surface area (Å²) in [4.78, 5) is 9.82. The standard InChI is InChI=1S/C12H13N2S/c1-2-3-6-11-9-14-12(15-11)10-5-4-7-13-8-10/h4-5,7-9H,1-3,6H2. The molecule has 0 amide bonds. The SMILES string of the molecule is [CH2]CCCc1cnc(-c2cccnc2)s1. The van der Waals surface area contributed by atoms with E-state index in [2.05, 4.69) is 16.9 Å². The van der Waals surface area contributed by atoms with Crippen molar-refractivity contribution in [3.05, 3.63) is 42.5 Å². The maximum absolute atomic E-state index is 4.40. The summed E-state index contributed by atoms with van der Waals surface area (Å²) < 4.78 is 0. The fourth-order valence-electron chi connectivity index (χ4n) is 1.35. The molecule has 0 unspecified atom stereocenters. The lowest BCUT2D eigenvalue weighted by Crippen LogP contribution is -1.76. The zero-order chi connectivity index (χ0) is 10.5. The van der Waals surface area contributed by atoms with Gasteiger partial charge < -0.3 is 0 Å². The van der Waals surface area contributed by atoms with Gasteiger partial charge in [-0.05, 0) is 25.0 Å². The summed E-state index contributed by atoms with van der Waals surface area (Å²) in [5.41, 5.74) is 1.10. The van der Waals surface area contributed by atoms with Crippen LogP contribution in [0.2, 0.25) is 0 Å². The molecule has 0 atom stereocenters. The lowest BCUT2D eigenvalue weighted by molar-refractivity contribution is 0.851. The van der Waals surface area contributed by atoms with Crippen LogP contribution in [-0.2, 0) is 6.42 Å². The highest BCUT2D eigenvalue weighted by molar-refractivity contribution is 7.15. The van der Waals surface area contributed by atoms with Gasteiger partial charge in [0, 0.05) is 29.0 Å². The van der Waals surface area contributed by atoms with Gasteiger partial charge in [-0.25, -0.2) is 4.98 Å². The maximum Gasteiger partial charge on any atom is 0.125 e. The van der Waals surface area contributed by atoms with Crippen molar-refractivity contribution in [2.24, 2.45) is 0 Å². The van der Waals surface area contributed by atoms with Crippen molar-refractivity contribution in [1.82, 2.24) is 9.97 Å². The third-order valence-corrected chi connectivity index (χ3v) is 3.24. The molecular weight excluding hydrogens is 204 g/mol. The van der Waals surface area contributed by atoms with E-state index in [1.54, 1.807) is 17.5 Å². The molecule has 77 valence electrons. The normalized spacial score (nSPS) is 10.5. The Morgan fingerprint density at radius 2 is 2.27 bits per heavy atom. The smallest absolute Gasteiger partial charge is 0.125 e. The zero-order valence-corrected chi connectivity index (χ0v) is 9.33. The van der Waals surface area contributed by atoms with Crippen LogP contribution < -0.4 is 0 Å². The van der Waals surface area contributed by atoms with E-state index >= 15 is 0 Å². The van der Waals surface area contributed by atoms with Crippen LogP contribution in [0.1, 0.15) is 17.7 Å². The van der Waals surface area contributed by atoms with Crippen molar-refractivity contribution in [3.8, 4) is 10.6 Å². The molecule has 0 saturated heterocycles. The second-order valence-corrected chi connectivity index (χ2v) is 4.45. The van der Waals surface area contributed by atoms with Crippen LogP contribution in [0.5, 0.6) is 0 Å². The fraction of sp³-hybridized carbons (Fsp3) is 0.250. The van der Waals surface area contributed by atoms with Gasteiger partial charge in [0.05, 0.1) is 0 Å². The number of rotatable bonds is 4. The Hall–Kier alpha value is -1.22. The molecule has 0 aliphatic heterocycles. The number of pyridine rings is 1. The van der Waals surface area contributed by atoms with Gasteiger partial charge in [0.15, 0.2) is 0 Å². The second-order valence-electron chi connectivity index (χ2n) is 3.33. The van der Waals surface area contributed by atoms with E-state index in [0.29, 0.717) is 0 Å². The quantitative estimate of drug-likeness (QED) is 0.784. The van der Waals surface area contributed by atoms with Gasteiger partial charge in [-0.1, -0.05) is 13.3 Å². The Balaban J connectivity index is 2.14. The number of aryl methyl sites for hydroxylation is 1. The molecule has 0 aliphatic rings. The molecule has 0 saturated carbocycles. The summed E-state index contributed by atoms with van der Waals surface area (Å²) in [6.07, 6.45) is 8.80. The topological polar surface area (TPSA) is 25.8 Å². The summed E-state index contributed by atoms with van der Waals surface area (Å²) in [5, 5.41) is 1.06. The highest BCUT2D eigenvalue weighted by atomic mass is 32.1. The largest absolute Gasteiger partial charge is 0.264 e. The minimum absolute atomic E-state index is 0.986. The number of unbranched alkanes of at least 4 members (excludes halogenated alkanes) is 1. The van der Waals surface area contributed by atoms with Crippen molar-refractivity contribution in [1.29, 1.82) is 0 Å². The van der Waals surface area contributed by atoms with Crippen LogP contribution in [-0.4, -0.2) is 9.97 Å². The van der Waals surface area contributed by atoms with Crippen molar-refractivity contribution < 1.29 is 0 Å². The van der Waals surface area contributed by atoms with Crippen molar-refractivity contribution in [2.45, 2.75) is 19.3 Å². The highest BCUT2D eigenvalue weighted by Gasteiger charge is 2.03. The number of aromatic nitrogens is 2. The molecule has 0 aliphatic carbocycles. The van der Waals surface area contributed by atoms with Gasteiger partial charge in [0.25, 0.3) is 0 Å². The monoisotopic (exact) mass is 217 g/mol. The van der Waals surface area contributed by atoms with E-state index in [-0.39, 0.29) is 0 Å². The van der Waals surface area contributed by atoms with Gasteiger partial charge in [-0.3, -0.25) is 4.98 Å². The average Bonchev–Trinajstić information content (AvgIpc) is 2.76. The molecule has 2 rings (SSSR count). The Morgan fingerprint density at radius 3 is 3.00 bits per heavy atom. The van der Waals surface area contributed by atoms with Gasteiger partial charge in [-0.15, -0.1) is 11.3 Å². The van der Waals surface area contributed by atoms with Crippen molar-refractivity contribution in [2.75, 3.05) is 0 Å². The van der Waals surface area contributed by atoms with Gasteiger partial charge >= 0.3 is 0 Å². The predicted molar refractivity (Wildman–Crippen MR) is 63.6 cm³/mol. The molecule has 3 heteroatoms. The van der Waals surface area contributed by atoms with Gasteiger partial charge in [0.1, 0.15) is 5.01 Å². The molecule has 15 heavy (non-hydrogen) atoms. The summed E-state index contributed by atoms with van der Waals surface area (Å²) in [6, 6.07) is 3.98. The van der Waals surface area contributed by atoms with E-state index < -0.39 is 0 Å². The van der Waals surface area contributed by atoms with E-state index in [9.17, 15) is 0 Å². The van der Waals surface area contributed by atoms with Crippen LogP contribution in [0.25, 0.3) is 10.6 Å². The minimum Gasteiger partial charge on any atom is -0.264 e. The van der Waals surface area contributed by atoms with Gasteiger partial charge in [0.2, 0.25) is 0 Å². The number of hydrogen-bond donors (Lipinski definition) is 0. The van der Waals surface area contributed by atoms with Crippen molar-refractivity contribution in [3.63, 3.8) is 0 Å². The Bertz CT molecular complexity index is 409. The van der Waals surface area contributed by atoms with E-state index in [1.807, 2.05) is 24.5 Å². The average molecular weight is 217 g/mol. The Kier molecular flexibility index (Phi) is 3.45. The molecule has 2 aromatic heterocycles. The number of thiazole rings is 1. The molecule has 0 bridgehead atoms. The molecule has 2 nitrogen and oxygen atoms in total. The number of hydrogen-bond acceptors (Lipinski definition) is 3.